The van der Waals surface area contributed by atoms with Gasteiger partial charge in [0, 0.05) is 12.5 Å². The molecular formula is C14H20N8O. The van der Waals surface area contributed by atoms with E-state index in [9.17, 15) is 4.79 Å². The fourth-order valence-electron chi connectivity index (χ4n) is 2.23. The Hall–Kier alpha value is -2.71. The summed E-state index contributed by atoms with van der Waals surface area (Å²) in [5, 5.41) is 14.7. The third kappa shape index (κ3) is 2.81. The molecule has 0 amide bonds. The van der Waals surface area contributed by atoms with E-state index in [-0.39, 0.29) is 17.1 Å². The number of aromatic amines is 2. The predicted molar refractivity (Wildman–Crippen MR) is 86.3 cm³/mol. The number of nitrogens with zero attached hydrogens (tertiary/aromatic N) is 5. The molecule has 0 saturated heterocycles. The molecule has 23 heavy (non-hydrogen) atoms. The molecule has 9 nitrogen and oxygen atoms in total. The van der Waals surface area contributed by atoms with Crippen LogP contribution in [0.2, 0.25) is 0 Å². The van der Waals surface area contributed by atoms with Gasteiger partial charge in [0.15, 0.2) is 11.5 Å². The fraction of sp³-hybridized carbons (Fsp3) is 0.500. The third-order valence-corrected chi connectivity index (χ3v) is 3.55. The first-order chi connectivity index (χ1) is 10.8. The van der Waals surface area contributed by atoms with Crippen LogP contribution in [0, 0.1) is 0 Å². The Kier molecular flexibility index (Phi) is 3.42. The summed E-state index contributed by atoms with van der Waals surface area (Å²) in [7, 11) is 1.85. The van der Waals surface area contributed by atoms with E-state index in [0.717, 1.165) is 16.9 Å². The van der Waals surface area contributed by atoms with Crippen LogP contribution in [-0.4, -0.2) is 34.9 Å². The molecule has 0 fully saturated rings. The van der Waals surface area contributed by atoms with Gasteiger partial charge in [-0.1, -0.05) is 20.8 Å². The van der Waals surface area contributed by atoms with Crippen LogP contribution in [0.15, 0.2) is 11.0 Å². The van der Waals surface area contributed by atoms with Crippen LogP contribution >= 0.6 is 0 Å². The fourth-order valence-corrected chi connectivity index (χ4v) is 2.23. The lowest BCUT2D eigenvalue weighted by Gasteiger charge is -2.19. The lowest BCUT2D eigenvalue weighted by molar-refractivity contribution is 0.546. The van der Waals surface area contributed by atoms with Gasteiger partial charge in [-0.25, -0.2) is 19.9 Å². The summed E-state index contributed by atoms with van der Waals surface area (Å²) in [4.78, 5) is 23.1. The van der Waals surface area contributed by atoms with E-state index in [0.29, 0.717) is 11.6 Å². The monoisotopic (exact) mass is 316 g/mol. The zero-order chi connectivity index (χ0) is 16.8. The van der Waals surface area contributed by atoms with Gasteiger partial charge in [0.2, 0.25) is 0 Å². The highest BCUT2D eigenvalue weighted by molar-refractivity contribution is 5.86. The maximum absolute atomic E-state index is 11.2. The molecular weight excluding hydrogens is 296 g/mol. The molecule has 0 radical (unpaired) electrons. The molecule has 0 aliphatic rings. The number of anilines is 1. The van der Waals surface area contributed by atoms with Crippen molar-refractivity contribution >= 4 is 16.9 Å². The van der Waals surface area contributed by atoms with Crippen LogP contribution < -0.4 is 11.0 Å². The molecule has 0 aromatic carbocycles. The van der Waals surface area contributed by atoms with Gasteiger partial charge in [0.1, 0.15) is 11.6 Å². The van der Waals surface area contributed by atoms with Crippen molar-refractivity contribution in [3.63, 3.8) is 0 Å². The number of hydrogen-bond donors (Lipinski definition) is 3. The van der Waals surface area contributed by atoms with Gasteiger partial charge >= 0.3 is 5.69 Å². The number of rotatable bonds is 3. The highest BCUT2D eigenvalue weighted by Gasteiger charge is 2.22. The Morgan fingerprint density at radius 1 is 1.30 bits per heavy atom. The molecule has 1 unspecified atom stereocenters. The second-order valence-corrected chi connectivity index (χ2v) is 6.58. The number of fused-ring (bicyclic) bond motifs is 1. The second kappa shape index (κ2) is 5.18. The summed E-state index contributed by atoms with van der Waals surface area (Å²) in [5.74, 6) is 1.91. The minimum Gasteiger partial charge on any atom is -0.360 e. The summed E-state index contributed by atoms with van der Waals surface area (Å²) >= 11 is 0. The summed E-state index contributed by atoms with van der Waals surface area (Å²) in [6.07, 6.45) is 1.73. The lowest BCUT2D eigenvalue weighted by atomic mass is 9.95. The topological polar surface area (TPSA) is 117 Å². The molecule has 1 atom stereocenters. The van der Waals surface area contributed by atoms with Gasteiger partial charge in [-0.05, 0) is 6.92 Å². The van der Waals surface area contributed by atoms with Crippen LogP contribution in [0.1, 0.15) is 45.4 Å². The number of aromatic nitrogens is 7. The van der Waals surface area contributed by atoms with E-state index in [2.05, 4.69) is 56.3 Å². The largest absolute Gasteiger partial charge is 0.360 e. The Balaban J connectivity index is 2.06. The van der Waals surface area contributed by atoms with Crippen molar-refractivity contribution in [2.75, 3.05) is 5.32 Å². The van der Waals surface area contributed by atoms with Crippen molar-refractivity contribution < 1.29 is 0 Å². The third-order valence-electron chi connectivity index (χ3n) is 3.55. The Morgan fingerprint density at radius 2 is 2.04 bits per heavy atom. The van der Waals surface area contributed by atoms with E-state index in [1.807, 2.05) is 14.0 Å². The van der Waals surface area contributed by atoms with Crippen molar-refractivity contribution in [3.05, 3.63) is 28.3 Å². The highest BCUT2D eigenvalue weighted by Crippen LogP contribution is 2.27. The van der Waals surface area contributed by atoms with Gasteiger partial charge in [-0.15, -0.1) is 0 Å². The van der Waals surface area contributed by atoms with Crippen LogP contribution in [0.4, 0.5) is 5.82 Å². The van der Waals surface area contributed by atoms with Crippen LogP contribution in [0.25, 0.3) is 11.0 Å². The summed E-state index contributed by atoms with van der Waals surface area (Å²) in [6, 6.07) is -0.222. The Morgan fingerprint density at radius 3 is 2.65 bits per heavy atom. The molecule has 0 bridgehead atoms. The second-order valence-electron chi connectivity index (χ2n) is 6.58. The number of nitrogens with one attached hydrogen (secondary N) is 3. The standard InChI is InChI=1S/C14H20N8O/c1-7(9-18-13(23)21-20-9)16-10-8-6-15-22(5)11(8)19-12(17-10)14(2,3)4/h6-7H,1-5H3,(H,16,17,19)(H2,18,20,21,23). The quantitative estimate of drug-likeness (QED) is 0.669. The first-order valence-electron chi connectivity index (χ1n) is 7.37. The van der Waals surface area contributed by atoms with Gasteiger partial charge in [-0.2, -0.15) is 10.2 Å². The first-order valence-corrected chi connectivity index (χ1v) is 7.37. The number of hydrogen-bond acceptors (Lipinski definition) is 6. The maximum Gasteiger partial charge on any atom is 0.340 e. The van der Waals surface area contributed by atoms with Crippen molar-refractivity contribution in [1.29, 1.82) is 0 Å². The average Bonchev–Trinajstić information content (AvgIpc) is 3.05. The zero-order valence-electron chi connectivity index (χ0n) is 13.8. The minimum absolute atomic E-state index is 0.196. The van der Waals surface area contributed by atoms with Crippen LogP contribution in [0.3, 0.4) is 0 Å². The van der Waals surface area contributed by atoms with Gasteiger partial charge in [-0.3, -0.25) is 9.67 Å². The molecule has 9 heteroatoms. The minimum atomic E-state index is -0.335. The molecule has 0 spiro atoms. The molecule has 3 aromatic heterocycles. The summed E-state index contributed by atoms with van der Waals surface area (Å²) in [5.41, 5.74) is 0.229. The van der Waals surface area contributed by atoms with Crippen molar-refractivity contribution in [2.24, 2.45) is 7.05 Å². The molecule has 122 valence electrons. The van der Waals surface area contributed by atoms with E-state index < -0.39 is 0 Å². The highest BCUT2D eigenvalue weighted by atomic mass is 16.1. The van der Waals surface area contributed by atoms with Crippen molar-refractivity contribution in [2.45, 2.75) is 39.2 Å². The molecule has 3 N–H and O–H groups in total. The smallest absolute Gasteiger partial charge is 0.340 e. The lowest BCUT2D eigenvalue weighted by Crippen LogP contribution is -2.19. The van der Waals surface area contributed by atoms with E-state index in [4.69, 9.17) is 0 Å². The van der Waals surface area contributed by atoms with Crippen LogP contribution in [0.5, 0.6) is 0 Å². The molecule has 3 heterocycles. The number of H-pyrrole nitrogens is 2. The van der Waals surface area contributed by atoms with E-state index in [1.54, 1.807) is 10.9 Å². The first kappa shape index (κ1) is 15.2. The molecule has 0 saturated carbocycles. The van der Waals surface area contributed by atoms with Gasteiger partial charge in [0.25, 0.3) is 0 Å². The SMILES string of the molecule is CC(Nc1nc(C(C)(C)C)nc2c1cnn2C)c1n[nH]c(=O)[nH]1. The molecule has 0 aliphatic carbocycles. The van der Waals surface area contributed by atoms with Gasteiger partial charge < -0.3 is 5.32 Å². The Bertz CT molecular complexity index is 898. The summed E-state index contributed by atoms with van der Waals surface area (Å²) < 4.78 is 1.72. The normalized spacial score (nSPS) is 13.4. The molecule has 3 aromatic rings. The molecule has 3 rings (SSSR count). The van der Waals surface area contributed by atoms with Crippen LogP contribution in [-0.2, 0) is 12.5 Å². The maximum atomic E-state index is 11.2. The average molecular weight is 316 g/mol. The number of aryl methyl sites for hydroxylation is 1. The van der Waals surface area contributed by atoms with Crippen molar-refractivity contribution in [3.8, 4) is 0 Å². The van der Waals surface area contributed by atoms with E-state index in [1.165, 1.54) is 0 Å². The summed E-state index contributed by atoms with van der Waals surface area (Å²) in [6.45, 7) is 8.07. The zero-order valence-corrected chi connectivity index (χ0v) is 13.8. The predicted octanol–water partition coefficient (Wildman–Crippen LogP) is 1.25. The molecule has 0 aliphatic heterocycles. The van der Waals surface area contributed by atoms with Crippen molar-refractivity contribution in [1.82, 2.24) is 34.9 Å². The van der Waals surface area contributed by atoms with E-state index >= 15 is 0 Å². The van der Waals surface area contributed by atoms with Gasteiger partial charge in [0.05, 0.1) is 17.6 Å². The Labute approximate surface area is 132 Å².